The lowest BCUT2D eigenvalue weighted by molar-refractivity contribution is 0.307. The van der Waals surface area contributed by atoms with E-state index in [4.69, 9.17) is 5.73 Å². The summed E-state index contributed by atoms with van der Waals surface area (Å²) in [5.41, 5.74) is 7.12. The first-order valence-electron chi connectivity index (χ1n) is 4.87. The summed E-state index contributed by atoms with van der Waals surface area (Å²) in [4.78, 5) is 0. The van der Waals surface area contributed by atoms with E-state index < -0.39 is 0 Å². The van der Waals surface area contributed by atoms with Crippen LogP contribution in [0.25, 0.3) is 0 Å². The zero-order valence-corrected chi connectivity index (χ0v) is 7.69. The largest absolute Gasteiger partial charge is 0.325 e. The first-order chi connectivity index (χ1) is 5.08. The molecule has 0 spiro atoms. The maximum atomic E-state index is 6.24. The minimum absolute atomic E-state index is 0.289. The molecule has 0 unspecified atom stereocenters. The lowest BCUT2D eigenvalue weighted by atomic mass is 9.86. The highest BCUT2D eigenvalue weighted by Gasteiger charge is 2.62. The molecule has 0 radical (unpaired) electrons. The number of rotatable bonds is 3. The number of hydrogen-bond donors (Lipinski definition) is 1. The van der Waals surface area contributed by atoms with E-state index in [0.29, 0.717) is 5.41 Å². The van der Waals surface area contributed by atoms with E-state index in [1.807, 2.05) is 0 Å². The molecule has 1 heteroatoms. The van der Waals surface area contributed by atoms with Gasteiger partial charge in [0.15, 0.2) is 0 Å². The van der Waals surface area contributed by atoms with Crippen LogP contribution in [0, 0.1) is 11.3 Å². The van der Waals surface area contributed by atoms with Gasteiger partial charge in [-0.2, -0.15) is 0 Å². The molecule has 0 aromatic heterocycles. The molecule has 0 atom stereocenters. The first-order valence-corrected chi connectivity index (χ1v) is 4.87. The van der Waals surface area contributed by atoms with Crippen molar-refractivity contribution in [1.82, 2.24) is 0 Å². The Morgan fingerprint density at radius 1 is 1.18 bits per heavy atom. The Kier molecular flexibility index (Phi) is 1.39. The van der Waals surface area contributed by atoms with Gasteiger partial charge in [0.1, 0.15) is 0 Å². The molecule has 0 aromatic rings. The van der Waals surface area contributed by atoms with Crippen LogP contribution in [0.5, 0.6) is 0 Å². The lowest BCUT2D eigenvalue weighted by Gasteiger charge is -2.24. The Hall–Kier alpha value is -0.0400. The highest BCUT2D eigenvalue weighted by atomic mass is 14.9. The topological polar surface area (TPSA) is 26.0 Å². The molecule has 1 nitrogen and oxygen atoms in total. The van der Waals surface area contributed by atoms with Gasteiger partial charge >= 0.3 is 0 Å². The van der Waals surface area contributed by atoms with Crippen molar-refractivity contribution < 1.29 is 0 Å². The number of hydrogen-bond acceptors (Lipinski definition) is 1. The highest BCUT2D eigenvalue weighted by molar-refractivity contribution is 5.18. The quantitative estimate of drug-likeness (QED) is 0.661. The predicted molar refractivity (Wildman–Crippen MR) is 47.3 cm³/mol. The maximum absolute atomic E-state index is 6.24. The monoisotopic (exact) mass is 153 g/mol. The van der Waals surface area contributed by atoms with Gasteiger partial charge in [0.2, 0.25) is 0 Å². The van der Waals surface area contributed by atoms with E-state index in [-0.39, 0.29) is 5.54 Å². The second-order valence-electron chi connectivity index (χ2n) is 5.03. The van der Waals surface area contributed by atoms with E-state index in [1.165, 1.54) is 32.1 Å². The Morgan fingerprint density at radius 3 is 2.00 bits per heavy atom. The predicted octanol–water partition coefficient (Wildman–Crippen LogP) is 2.30. The summed E-state index contributed by atoms with van der Waals surface area (Å²) >= 11 is 0. The molecular formula is C10H19N. The van der Waals surface area contributed by atoms with E-state index in [9.17, 15) is 0 Å². The second-order valence-corrected chi connectivity index (χ2v) is 5.03. The zero-order valence-electron chi connectivity index (χ0n) is 7.69. The molecule has 2 saturated carbocycles. The Labute approximate surface area is 69.4 Å². The zero-order chi connectivity index (χ0) is 8.11. The summed E-state index contributed by atoms with van der Waals surface area (Å²) in [6, 6.07) is 0. The lowest BCUT2D eigenvalue weighted by Crippen LogP contribution is -2.34. The van der Waals surface area contributed by atoms with Crippen LogP contribution in [-0.2, 0) is 0 Å². The molecule has 64 valence electrons. The van der Waals surface area contributed by atoms with Crippen LogP contribution in [0.3, 0.4) is 0 Å². The normalized spacial score (nSPS) is 30.5. The van der Waals surface area contributed by atoms with Crippen molar-refractivity contribution in [2.45, 2.75) is 51.5 Å². The van der Waals surface area contributed by atoms with Crippen LogP contribution < -0.4 is 5.73 Å². The molecule has 2 fully saturated rings. The molecule has 0 aliphatic heterocycles. The summed E-state index contributed by atoms with van der Waals surface area (Å²) in [5, 5.41) is 0. The fourth-order valence-corrected chi connectivity index (χ4v) is 2.50. The minimum atomic E-state index is 0.289. The van der Waals surface area contributed by atoms with Crippen molar-refractivity contribution in [3.63, 3.8) is 0 Å². The second kappa shape index (κ2) is 2.01. The Bertz CT molecular complexity index is 164. The molecule has 0 saturated heterocycles. The molecule has 2 N–H and O–H groups in total. The summed E-state index contributed by atoms with van der Waals surface area (Å²) in [6.45, 7) is 4.62. The van der Waals surface area contributed by atoms with Crippen molar-refractivity contribution in [1.29, 1.82) is 0 Å². The molecule has 0 bridgehead atoms. The van der Waals surface area contributed by atoms with Crippen LogP contribution in [0.15, 0.2) is 0 Å². The van der Waals surface area contributed by atoms with Crippen LogP contribution in [0.2, 0.25) is 0 Å². The van der Waals surface area contributed by atoms with Crippen molar-refractivity contribution in [3.05, 3.63) is 0 Å². The van der Waals surface area contributed by atoms with Gasteiger partial charge in [-0.05, 0) is 43.4 Å². The Balaban J connectivity index is 1.99. The van der Waals surface area contributed by atoms with Crippen LogP contribution in [-0.4, -0.2) is 5.54 Å². The van der Waals surface area contributed by atoms with Gasteiger partial charge in [-0.1, -0.05) is 13.8 Å². The maximum Gasteiger partial charge on any atom is 0.0212 e. The summed E-state index contributed by atoms with van der Waals surface area (Å²) in [7, 11) is 0. The SMILES string of the molecule is CC(C)CC1(C2(N)CC2)CC1. The van der Waals surface area contributed by atoms with Gasteiger partial charge in [-0.3, -0.25) is 0 Å². The average Bonchev–Trinajstić information content (AvgIpc) is 2.68. The fraction of sp³-hybridized carbons (Fsp3) is 1.00. The van der Waals surface area contributed by atoms with Crippen molar-refractivity contribution in [2.24, 2.45) is 17.1 Å². The van der Waals surface area contributed by atoms with E-state index in [1.54, 1.807) is 0 Å². The molecule has 0 heterocycles. The van der Waals surface area contributed by atoms with E-state index in [2.05, 4.69) is 13.8 Å². The number of nitrogens with two attached hydrogens (primary N) is 1. The van der Waals surface area contributed by atoms with E-state index in [0.717, 1.165) is 5.92 Å². The summed E-state index contributed by atoms with van der Waals surface area (Å²) < 4.78 is 0. The van der Waals surface area contributed by atoms with Crippen molar-refractivity contribution in [2.75, 3.05) is 0 Å². The van der Waals surface area contributed by atoms with Crippen LogP contribution >= 0.6 is 0 Å². The van der Waals surface area contributed by atoms with Gasteiger partial charge < -0.3 is 5.73 Å². The standard InChI is InChI=1S/C10H19N/c1-8(2)7-9(3-4-9)10(11)5-6-10/h8H,3-7,11H2,1-2H3. The smallest absolute Gasteiger partial charge is 0.0212 e. The molecular weight excluding hydrogens is 134 g/mol. The van der Waals surface area contributed by atoms with Gasteiger partial charge in [-0.15, -0.1) is 0 Å². The van der Waals surface area contributed by atoms with Gasteiger partial charge in [0, 0.05) is 5.54 Å². The third kappa shape index (κ3) is 1.10. The third-order valence-electron chi connectivity index (χ3n) is 3.50. The first kappa shape index (κ1) is 7.60. The average molecular weight is 153 g/mol. The van der Waals surface area contributed by atoms with E-state index >= 15 is 0 Å². The third-order valence-corrected chi connectivity index (χ3v) is 3.50. The molecule has 0 aromatic carbocycles. The molecule has 2 aliphatic carbocycles. The van der Waals surface area contributed by atoms with Crippen molar-refractivity contribution in [3.8, 4) is 0 Å². The highest BCUT2D eigenvalue weighted by Crippen LogP contribution is 2.65. The summed E-state index contributed by atoms with van der Waals surface area (Å²) in [5.74, 6) is 0.832. The fourth-order valence-electron chi connectivity index (χ4n) is 2.50. The van der Waals surface area contributed by atoms with Gasteiger partial charge in [-0.25, -0.2) is 0 Å². The minimum Gasteiger partial charge on any atom is -0.325 e. The van der Waals surface area contributed by atoms with Crippen molar-refractivity contribution >= 4 is 0 Å². The van der Waals surface area contributed by atoms with Crippen LogP contribution in [0.1, 0.15) is 46.0 Å². The molecule has 2 aliphatic rings. The van der Waals surface area contributed by atoms with Crippen LogP contribution in [0.4, 0.5) is 0 Å². The Morgan fingerprint density at radius 2 is 1.73 bits per heavy atom. The molecule has 2 rings (SSSR count). The van der Waals surface area contributed by atoms with Gasteiger partial charge in [0.05, 0.1) is 0 Å². The van der Waals surface area contributed by atoms with Gasteiger partial charge in [0.25, 0.3) is 0 Å². The molecule has 11 heavy (non-hydrogen) atoms. The summed E-state index contributed by atoms with van der Waals surface area (Å²) in [6.07, 6.45) is 6.76. The molecule has 0 amide bonds.